The molecule has 5 nitrogen and oxygen atoms in total. The lowest BCUT2D eigenvalue weighted by Gasteiger charge is -2.22. The van der Waals surface area contributed by atoms with Gasteiger partial charge in [-0.15, -0.1) is 0 Å². The molecule has 0 aromatic heterocycles. The molecule has 0 unspecified atom stereocenters. The minimum Gasteiger partial charge on any atom is -0.352 e. The van der Waals surface area contributed by atoms with Gasteiger partial charge in [-0.2, -0.15) is 0 Å². The second-order valence-electron chi connectivity index (χ2n) is 7.56. The summed E-state index contributed by atoms with van der Waals surface area (Å²) in [5.41, 5.74) is 3.27. The topological polar surface area (TPSA) is 66.5 Å². The van der Waals surface area contributed by atoms with E-state index < -0.39 is 10.0 Å². The molecule has 160 valence electrons. The molecule has 0 fully saturated rings. The van der Waals surface area contributed by atoms with Crippen LogP contribution in [0.5, 0.6) is 0 Å². The highest BCUT2D eigenvalue weighted by atomic mass is 35.5. The first-order valence-corrected chi connectivity index (χ1v) is 12.3. The summed E-state index contributed by atoms with van der Waals surface area (Å²) in [6.07, 6.45) is 9.12. The number of benzene rings is 2. The summed E-state index contributed by atoms with van der Waals surface area (Å²) in [6, 6.07) is 13.7. The smallest absolute Gasteiger partial charge is 0.251 e. The van der Waals surface area contributed by atoms with Crippen LogP contribution in [0.1, 0.15) is 48.0 Å². The van der Waals surface area contributed by atoms with E-state index in [1.807, 2.05) is 0 Å². The summed E-state index contributed by atoms with van der Waals surface area (Å²) in [4.78, 5) is 12.4. The summed E-state index contributed by atoms with van der Waals surface area (Å²) in [5.74, 6) is -0.118. The van der Waals surface area contributed by atoms with Crippen LogP contribution in [-0.2, 0) is 16.6 Å². The van der Waals surface area contributed by atoms with E-state index in [0.717, 1.165) is 31.1 Å². The average molecular weight is 447 g/mol. The Bertz CT molecular complexity index is 1020. The fourth-order valence-corrected chi connectivity index (χ4v) is 4.59. The number of nitrogens with one attached hydrogen (secondary N) is 1. The third kappa shape index (κ3) is 6.34. The van der Waals surface area contributed by atoms with Crippen molar-refractivity contribution in [3.05, 3.63) is 76.3 Å². The minimum atomic E-state index is -3.49. The van der Waals surface area contributed by atoms with Gasteiger partial charge in [-0.3, -0.25) is 9.10 Å². The molecule has 2 aromatic rings. The normalized spacial score (nSPS) is 14.1. The van der Waals surface area contributed by atoms with Crippen molar-refractivity contribution in [2.45, 2.75) is 38.6 Å². The van der Waals surface area contributed by atoms with Crippen LogP contribution in [0.2, 0.25) is 5.02 Å². The van der Waals surface area contributed by atoms with Gasteiger partial charge >= 0.3 is 0 Å². The molecule has 2 aromatic carbocycles. The molecule has 0 saturated heterocycles. The third-order valence-corrected chi connectivity index (χ3v) is 6.53. The maximum atomic E-state index is 12.4. The fraction of sp³-hybridized carbons (Fsp3) is 0.348. The summed E-state index contributed by atoms with van der Waals surface area (Å²) in [7, 11) is -3.49. The van der Waals surface area contributed by atoms with E-state index in [4.69, 9.17) is 11.6 Å². The molecule has 0 heterocycles. The predicted octanol–water partition coefficient (Wildman–Crippen LogP) is 4.93. The van der Waals surface area contributed by atoms with Gasteiger partial charge in [0.05, 0.1) is 18.5 Å². The number of sulfonamides is 1. The van der Waals surface area contributed by atoms with Crippen molar-refractivity contribution in [3.8, 4) is 0 Å². The van der Waals surface area contributed by atoms with E-state index in [1.165, 1.54) is 22.7 Å². The van der Waals surface area contributed by atoms with Crippen LogP contribution in [0.3, 0.4) is 0 Å². The highest BCUT2D eigenvalue weighted by Crippen LogP contribution is 2.24. The molecule has 0 saturated carbocycles. The van der Waals surface area contributed by atoms with Crippen molar-refractivity contribution in [2.75, 3.05) is 17.1 Å². The Morgan fingerprint density at radius 3 is 2.53 bits per heavy atom. The molecular formula is C23H27ClN2O3S. The Kier molecular flexibility index (Phi) is 7.56. The molecule has 30 heavy (non-hydrogen) atoms. The van der Waals surface area contributed by atoms with Crippen LogP contribution in [0.4, 0.5) is 5.69 Å². The first-order valence-electron chi connectivity index (χ1n) is 10.1. The SMILES string of the molecule is CS(=O)(=O)N(Cc1ccc(C(=O)NCCC2=CCCCC2)cc1)c1cccc(Cl)c1. The Labute approximate surface area is 183 Å². The molecule has 0 radical (unpaired) electrons. The molecule has 3 rings (SSSR count). The molecule has 0 bridgehead atoms. The third-order valence-electron chi connectivity index (χ3n) is 5.16. The van der Waals surface area contributed by atoms with E-state index in [-0.39, 0.29) is 12.5 Å². The first kappa shape index (κ1) is 22.4. The number of hydrogen-bond donors (Lipinski definition) is 1. The zero-order chi connectivity index (χ0) is 21.6. The Morgan fingerprint density at radius 2 is 1.90 bits per heavy atom. The number of carbonyl (C=O) groups excluding carboxylic acids is 1. The number of carbonyl (C=O) groups is 1. The van der Waals surface area contributed by atoms with Gasteiger partial charge in [0, 0.05) is 17.1 Å². The van der Waals surface area contributed by atoms with Crippen LogP contribution in [0.25, 0.3) is 0 Å². The second kappa shape index (κ2) is 10.1. The van der Waals surface area contributed by atoms with E-state index in [0.29, 0.717) is 22.8 Å². The second-order valence-corrected chi connectivity index (χ2v) is 9.90. The van der Waals surface area contributed by atoms with Gasteiger partial charge in [-0.05, 0) is 68.0 Å². The minimum absolute atomic E-state index is 0.118. The summed E-state index contributed by atoms with van der Waals surface area (Å²) >= 11 is 6.02. The Hall–Kier alpha value is -2.31. The molecule has 0 aliphatic heterocycles. The number of hydrogen-bond acceptors (Lipinski definition) is 3. The van der Waals surface area contributed by atoms with Crippen LogP contribution >= 0.6 is 11.6 Å². The maximum Gasteiger partial charge on any atom is 0.251 e. The Morgan fingerprint density at radius 1 is 1.13 bits per heavy atom. The standard InChI is InChI=1S/C23H27ClN2O3S/c1-30(28,29)26(22-9-5-8-21(24)16-22)17-19-10-12-20(13-11-19)23(27)25-15-14-18-6-3-2-4-7-18/h5-6,8-13,16H,2-4,7,14-15,17H2,1H3,(H,25,27). The van der Waals surface area contributed by atoms with Gasteiger partial charge in [-0.25, -0.2) is 8.42 Å². The first-order chi connectivity index (χ1) is 14.3. The van der Waals surface area contributed by atoms with Crippen LogP contribution in [-0.4, -0.2) is 27.1 Å². The summed E-state index contributed by atoms with van der Waals surface area (Å²) < 4.78 is 25.9. The van der Waals surface area contributed by atoms with E-state index >= 15 is 0 Å². The van der Waals surface area contributed by atoms with Crippen molar-refractivity contribution in [1.29, 1.82) is 0 Å². The monoisotopic (exact) mass is 446 g/mol. The van der Waals surface area contributed by atoms with Crippen molar-refractivity contribution in [3.63, 3.8) is 0 Å². The predicted molar refractivity (Wildman–Crippen MR) is 122 cm³/mol. The van der Waals surface area contributed by atoms with Gasteiger partial charge in [0.25, 0.3) is 5.91 Å². The van der Waals surface area contributed by atoms with Gasteiger partial charge < -0.3 is 5.32 Å². The van der Waals surface area contributed by atoms with Crippen molar-refractivity contribution in [2.24, 2.45) is 0 Å². The quantitative estimate of drug-likeness (QED) is 0.585. The molecule has 7 heteroatoms. The molecular weight excluding hydrogens is 420 g/mol. The van der Waals surface area contributed by atoms with E-state index in [9.17, 15) is 13.2 Å². The lowest BCUT2D eigenvalue weighted by Crippen LogP contribution is -2.29. The lowest BCUT2D eigenvalue weighted by molar-refractivity contribution is 0.0954. The average Bonchev–Trinajstić information content (AvgIpc) is 2.72. The van der Waals surface area contributed by atoms with E-state index in [1.54, 1.807) is 48.5 Å². The number of anilines is 1. The number of nitrogens with zero attached hydrogens (tertiary/aromatic N) is 1. The zero-order valence-electron chi connectivity index (χ0n) is 17.1. The van der Waals surface area contributed by atoms with Crippen LogP contribution in [0.15, 0.2) is 60.2 Å². The molecule has 0 spiro atoms. The zero-order valence-corrected chi connectivity index (χ0v) is 18.7. The largest absolute Gasteiger partial charge is 0.352 e. The summed E-state index contributed by atoms with van der Waals surface area (Å²) in [6.45, 7) is 0.790. The van der Waals surface area contributed by atoms with Crippen LogP contribution in [0, 0.1) is 0 Å². The number of allylic oxidation sites excluding steroid dienone is 1. The summed E-state index contributed by atoms with van der Waals surface area (Å²) in [5, 5.41) is 3.43. The number of rotatable bonds is 8. The van der Waals surface area contributed by atoms with Gasteiger partial charge in [0.1, 0.15) is 0 Å². The van der Waals surface area contributed by atoms with Crippen molar-refractivity contribution < 1.29 is 13.2 Å². The van der Waals surface area contributed by atoms with Gasteiger partial charge in [0.15, 0.2) is 0 Å². The maximum absolute atomic E-state index is 12.4. The highest BCUT2D eigenvalue weighted by Gasteiger charge is 2.18. The van der Waals surface area contributed by atoms with Crippen molar-refractivity contribution in [1.82, 2.24) is 5.32 Å². The Balaban J connectivity index is 1.62. The fourth-order valence-electron chi connectivity index (χ4n) is 3.53. The molecule has 0 atom stereocenters. The van der Waals surface area contributed by atoms with Gasteiger partial charge in [-0.1, -0.05) is 41.4 Å². The molecule has 1 N–H and O–H groups in total. The van der Waals surface area contributed by atoms with Crippen LogP contribution < -0.4 is 9.62 Å². The molecule has 1 aliphatic rings. The number of amides is 1. The van der Waals surface area contributed by atoms with Gasteiger partial charge in [0.2, 0.25) is 10.0 Å². The molecule has 1 aliphatic carbocycles. The van der Waals surface area contributed by atoms with Crippen molar-refractivity contribution >= 4 is 33.2 Å². The number of halogens is 1. The molecule has 1 amide bonds. The lowest BCUT2D eigenvalue weighted by atomic mass is 9.97. The van der Waals surface area contributed by atoms with E-state index in [2.05, 4.69) is 11.4 Å². The highest BCUT2D eigenvalue weighted by molar-refractivity contribution is 7.92.